The highest BCUT2D eigenvalue weighted by Crippen LogP contribution is 2.31. The summed E-state index contributed by atoms with van der Waals surface area (Å²) in [5, 5.41) is 6.15. The highest BCUT2D eigenvalue weighted by molar-refractivity contribution is 9.10. The molecule has 0 unspecified atom stereocenters. The first kappa shape index (κ1) is 13.5. The van der Waals surface area contributed by atoms with Gasteiger partial charge >= 0.3 is 0 Å². The zero-order chi connectivity index (χ0) is 14.2. The van der Waals surface area contributed by atoms with Crippen molar-refractivity contribution in [3.8, 4) is 10.4 Å². The molecule has 106 valence electrons. The second kappa shape index (κ2) is 5.56. The van der Waals surface area contributed by atoms with Gasteiger partial charge < -0.3 is 5.32 Å². The van der Waals surface area contributed by atoms with Crippen molar-refractivity contribution in [2.45, 2.75) is 25.4 Å². The lowest BCUT2D eigenvalue weighted by Gasteiger charge is -2.03. The first-order chi connectivity index (χ1) is 10.3. The molecule has 0 atom stereocenters. The molecule has 1 aliphatic rings. The van der Waals surface area contributed by atoms with Crippen molar-refractivity contribution in [3.63, 3.8) is 0 Å². The van der Waals surface area contributed by atoms with E-state index < -0.39 is 0 Å². The summed E-state index contributed by atoms with van der Waals surface area (Å²) in [7, 11) is 0. The van der Waals surface area contributed by atoms with E-state index in [1.54, 1.807) is 0 Å². The monoisotopic (exact) mass is 357 g/mol. The highest BCUT2D eigenvalue weighted by atomic mass is 79.9. The quantitative estimate of drug-likeness (QED) is 0.642. The molecule has 0 amide bonds. The van der Waals surface area contributed by atoms with E-state index in [-0.39, 0.29) is 0 Å². The number of thiophene rings is 1. The Morgan fingerprint density at radius 3 is 2.67 bits per heavy atom. The van der Waals surface area contributed by atoms with Gasteiger partial charge in [-0.2, -0.15) is 0 Å². The van der Waals surface area contributed by atoms with Crippen LogP contribution < -0.4 is 5.32 Å². The van der Waals surface area contributed by atoms with Crippen LogP contribution in [0.2, 0.25) is 0 Å². The van der Waals surface area contributed by atoms with E-state index in [1.165, 1.54) is 38.9 Å². The van der Waals surface area contributed by atoms with Crippen LogP contribution in [0, 0.1) is 0 Å². The molecule has 3 heteroatoms. The molecule has 0 saturated heterocycles. The van der Waals surface area contributed by atoms with E-state index in [4.69, 9.17) is 0 Å². The topological polar surface area (TPSA) is 12.0 Å². The van der Waals surface area contributed by atoms with Gasteiger partial charge in [-0.1, -0.05) is 34.1 Å². The second-order valence-corrected chi connectivity index (χ2v) is 7.71. The van der Waals surface area contributed by atoms with E-state index in [9.17, 15) is 0 Å². The fourth-order valence-electron chi connectivity index (χ4n) is 2.53. The Kier molecular flexibility index (Phi) is 3.57. The Balaban J connectivity index is 1.61. The molecular weight excluding hydrogens is 342 g/mol. The minimum absolute atomic E-state index is 0.773. The van der Waals surface area contributed by atoms with Gasteiger partial charge in [-0.15, -0.1) is 11.3 Å². The number of benzene rings is 2. The summed E-state index contributed by atoms with van der Waals surface area (Å²) in [6.07, 6.45) is 2.69. The minimum atomic E-state index is 0.773. The molecule has 1 aliphatic carbocycles. The lowest BCUT2D eigenvalue weighted by Crippen LogP contribution is -2.14. The molecule has 3 aromatic rings. The van der Waals surface area contributed by atoms with Crippen molar-refractivity contribution in [1.82, 2.24) is 5.32 Å². The maximum atomic E-state index is 3.58. The summed E-state index contributed by atoms with van der Waals surface area (Å²) in [5.41, 5.74) is 1.31. The minimum Gasteiger partial charge on any atom is -0.309 e. The van der Waals surface area contributed by atoms with Crippen molar-refractivity contribution in [1.29, 1.82) is 0 Å². The van der Waals surface area contributed by atoms with Crippen LogP contribution in [0.4, 0.5) is 0 Å². The van der Waals surface area contributed by atoms with Gasteiger partial charge in [-0.3, -0.25) is 0 Å². The van der Waals surface area contributed by atoms with Crippen LogP contribution in [-0.4, -0.2) is 6.04 Å². The van der Waals surface area contributed by atoms with Gasteiger partial charge in [0.2, 0.25) is 0 Å². The van der Waals surface area contributed by atoms with E-state index >= 15 is 0 Å². The fourth-order valence-corrected chi connectivity index (χ4v) is 3.86. The van der Waals surface area contributed by atoms with E-state index in [2.05, 4.69) is 69.8 Å². The van der Waals surface area contributed by atoms with Gasteiger partial charge in [0.15, 0.2) is 0 Å². The number of nitrogens with one attached hydrogen (secondary N) is 1. The average Bonchev–Trinajstić information content (AvgIpc) is 3.21. The standard InChI is InChI=1S/C18H16BrNS/c19-15-4-3-12-9-14(2-1-13(12)10-15)18-8-7-17(21-18)11-20-16-5-6-16/h1-4,7-10,16,20H,5-6,11H2. The molecule has 1 saturated carbocycles. The SMILES string of the molecule is Brc1ccc2cc(-c3ccc(CNC4CC4)s3)ccc2c1. The van der Waals surface area contributed by atoms with E-state index in [0.717, 1.165) is 17.1 Å². The summed E-state index contributed by atoms with van der Waals surface area (Å²) in [4.78, 5) is 2.78. The molecule has 2 aromatic carbocycles. The predicted molar refractivity (Wildman–Crippen MR) is 94.8 cm³/mol. The summed E-state index contributed by atoms with van der Waals surface area (Å²) in [5.74, 6) is 0. The van der Waals surface area contributed by atoms with Gasteiger partial charge in [0.1, 0.15) is 0 Å². The van der Waals surface area contributed by atoms with E-state index in [1.807, 2.05) is 11.3 Å². The Labute approximate surface area is 137 Å². The third-order valence-electron chi connectivity index (χ3n) is 3.89. The van der Waals surface area contributed by atoms with Crippen molar-refractivity contribution >= 4 is 38.0 Å². The first-order valence-corrected chi connectivity index (χ1v) is 8.91. The Bertz CT molecular complexity index is 789. The van der Waals surface area contributed by atoms with Crippen molar-refractivity contribution in [2.24, 2.45) is 0 Å². The van der Waals surface area contributed by atoms with Crippen LogP contribution in [0.5, 0.6) is 0 Å². The third kappa shape index (κ3) is 3.05. The molecule has 0 radical (unpaired) electrons. The van der Waals surface area contributed by atoms with Crippen LogP contribution in [-0.2, 0) is 6.54 Å². The number of halogens is 1. The van der Waals surface area contributed by atoms with Gasteiger partial charge in [0.05, 0.1) is 0 Å². The molecule has 1 fully saturated rings. The molecule has 1 aromatic heterocycles. The molecule has 4 rings (SSSR count). The number of hydrogen-bond acceptors (Lipinski definition) is 2. The smallest absolute Gasteiger partial charge is 0.0346 e. The summed E-state index contributed by atoms with van der Waals surface area (Å²) in [6.45, 7) is 1.01. The largest absolute Gasteiger partial charge is 0.309 e. The zero-order valence-corrected chi connectivity index (χ0v) is 14.0. The normalized spacial score (nSPS) is 14.7. The van der Waals surface area contributed by atoms with Crippen LogP contribution >= 0.6 is 27.3 Å². The predicted octanol–water partition coefficient (Wildman–Crippen LogP) is 5.58. The Hall–Kier alpha value is -1.16. The Morgan fingerprint density at radius 1 is 1.00 bits per heavy atom. The molecule has 0 spiro atoms. The third-order valence-corrected chi connectivity index (χ3v) is 5.52. The van der Waals surface area contributed by atoms with Gasteiger partial charge in [-0.05, 0) is 59.5 Å². The number of fused-ring (bicyclic) bond motifs is 1. The molecule has 1 nitrogen and oxygen atoms in total. The van der Waals surface area contributed by atoms with Crippen molar-refractivity contribution < 1.29 is 0 Å². The first-order valence-electron chi connectivity index (χ1n) is 7.30. The molecule has 1 heterocycles. The lowest BCUT2D eigenvalue weighted by atomic mass is 10.1. The summed E-state index contributed by atoms with van der Waals surface area (Å²) < 4.78 is 1.13. The van der Waals surface area contributed by atoms with Crippen molar-refractivity contribution in [3.05, 3.63) is 57.9 Å². The van der Waals surface area contributed by atoms with Crippen LogP contribution in [0.15, 0.2) is 53.0 Å². The van der Waals surface area contributed by atoms with Gasteiger partial charge in [-0.25, -0.2) is 0 Å². The fraction of sp³-hybridized carbons (Fsp3) is 0.222. The molecule has 1 N–H and O–H groups in total. The number of hydrogen-bond donors (Lipinski definition) is 1. The molecular formula is C18H16BrNS. The molecule has 0 bridgehead atoms. The Morgan fingerprint density at radius 2 is 1.81 bits per heavy atom. The maximum absolute atomic E-state index is 3.58. The van der Waals surface area contributed by atoms with Gasteiger partial charge in [0.25, 0.3) is 0 Å². The second-order valence-electron chi connectivity index (χ2n) is 5.63. The highest BCUT2D eigenvalue weighted by Gasteiger charge is 2.20. The van der Waals surface area contributed by atoms with Crippen LogP contribution in [0.25, 0.3) is 21.2 Å². The summed E-state index contributed by atoms with van der Waals surface area (Å²) >= 11 is 5.42. The molecule has 21 heavy (non-hydrogen) atoms. The summed E-state index contributed by atoms with van der Waals surface area (Å²) in [6, 6.07) is 18.4. The maximum Gasteiger partial charge on any atom is 0.0346 e. The van der Waals surface area contributed by atoms with Gasteiger partial charge in [0, 0.05) is 26.8 Å². The lowest BCUT2D eigenvalue weighted by molar-refractivity contribution is 0.695. The van der Waals surface area contributed by atoms with E-state index in [0.29, 0.717) is 0 Å². The average molecular weight is 358 g/mol. The zero-order valence-electron chi connectivity index (χ0n) is 11.6. The molecule has 0 aliphatic heterocycles. The number of rotatable bonds is 4. The van der Waals surface area contributed by atoms with Crippen molar-refractivity contribution in [2.75, 3.05) is 0 Å². The van der Waals surface area contributed by atoms with Crippen LogP contribution in [0.1, 0.15) is 17.7 Å². The van der Waals surface area contributed by atoms with Crippen LogP contribution in [0.3, 0.4) is 0 Å².